The second-order valence-electron chi connectivity index (χ2n) is 4.25. The first-order valence-corrected chi connectivity index (χ1v) is 6.14. The number of anilines is 1. The Balaban J connectivity index is 2.10. The van der Waals surface area contributed by atoms with E-state index < -0.39 is 11.7 Å². The van der Waals surface area contributed by atoms with Crippen LogP contribution in [0.5, 0.6) is 0 Å². The minimum Gasteiger partial charge on any atom is -0.372 e. The Morgan fingerprint density at radius 1 is 1.40 bits per heavy atom. The third-order valence-electron chi connectivity index (χ3n) is 2.71. The van der Waals surface area contributed by atoms with Crippen LogP contribution in [-0.4, -0.2) is 22.9 Å². The SMILES string of the molecule is CNc1ncc(F)cc1C(=O)NCc1cccc(C)n1. The van der Waals surface area contributed by atoms with E-state index in [2.05, 4.69) is 20.6 Å². The van der Waals surface area contributed by atoms with Crippen LogP contribution in [0.4, 0.5) is 10.2 Å². The molecule has 0 saturated carbocycles. The van der Waals surface area contributed by atoms with E-state index in [1.165, 1.54) is 0 Å². The molecule has 0 aliphatic carbocycles. The van der Waals surface area contributed by atoms with Gasteiger partial charge in [0.15, 0.2) is 0 Å². The fraction of sp³-hybridized carbons (Fsp3) is 0.214. The maximum atomic E-state index is 13.2. The van der Waals surface area contributed by atoms with Gasteiger partial charge < -0.3 is 10.6 Å². The van der Waals surface area contributed by atoms with Crippen molar-refractivity contribution in [3.63, 3.8) is 0 Å². The third-order valence-corrected chi connectivity index (χ3v) is 2.71. The second-order valence-corrected chi connectivity index (χ2v) is 4.25. The molecule has 20 heavy (non-hydrogen) atoms. The van der Waals surface area contributed by atoms with Gasteiger partial charge in [0.2, 0.25) is 0 Å². The number of amides is 1. The van der Waals surface area contributed by atoms with Crippen molar-refractivity contribution in [1.82, 2.24) is 15.3 Å². The molecule has 2 heterocycles. The zero-order valence-corrected chi connectivity index (χ0v) is 11.3. The number of halogens is 1. The topological polar surface area (TPSA) is 66.9 Å². The lowest BCUT2D eigenvalue weighted by Gasteiger charge is -2.09. The van der Waals surface area contributed by atoms with Crippen LogP contribution in [-0.2, 0) is 6.54 Å². The Labute approximate surface area is 116 Å². The van der Waals surface area contributed by atoms with Crippen LogP contribution in [0.3, 0.4) is 0 Å². The summed E-state index contributed by atoms with van der Waals surface area (Å²) >= 11 is 0. The highest BCUT2D eigenvalue weighted by molar-refractivity contribution is 5.98. The van der Waals surface area contributed by atoms with Crippen LogP contribution in [0.25, 0.3) is 0 Å². The molecule has 2 aromatic rings. The summed E-state index contributed by atoms with van der Waals surface area (Å²) in [5.74, 6) is -0.617. The Morgan fingerprint density at radius 2 is 2.20 bits per heavy atom. The number of hydrogen-bond donors (Lipinski definition) is 2. The number of aromatic nitrogens is 2. The molecule has 5 nitrogen and oxygen atoms in total. The molecule has 0 atom stereocenters. The van der Waals surface area contributed by atoms with E-state index in [-0.39, 0.29) is 12.1 Å². The Hall–Kier alpha value is -2.50. The first kappa shape index (κ1) is 13.9. The van der Waals surface area contributed by atoms with Gasteiger partial charge in [0, 0.05) is 12.7 Å². The van der Waals surface area contributed by atoms with Crippen LogP contribution >= 0.6 is 0 Å². The normalized spacial score (nSPS) is 10.2. The van der Waals surface area contributed by atoms with Gasteiger partial charge in [-0.3, -0.25) is 9.78 Å². The second kappa shape index (κ2) is 6.10. The van der Waals surface area contributed by atoms with Crippen LogP contribution in [0.15, 0.2) is 30.5 Å². The molecule has 2 aromatic heterocycles. The van der Waals surface area contributed by atoms with Gasteiger partial charge in [-0.2, -0.15) is 0 Å². The van der Waals surface area contributed by atoms with Gasteiger partial charge in [-0.25, -0.2) is 9.37 Å². The quantitative estimate of drug-likeness (QED) is 0.893. The van der Waals surface area contributed by atoms with Crippen LogP contribution < -0.4 is 10.6 Å². The fourth-order valence-corrected chi connectivity index (χ4v) is 1.78. The molecular weight excluding hydrogens is 259 g/mol. The van der Waals surface area contributed by atoms with E-state index in [1.807, 2.05) is 25.1 Å². The molecule has 6 heteroatoms. The van der Waals surface area contributed by atoms with Gasteiger partial charge in [-0.1, -0.05) is 6.07 Å². The monoisotopic (exact) mass is 274 g/mol. The zero-order valence-electron chi connectivity index (χ0n) is 11.3. The van der Waals surface area contributed by atoms with Crippen molar-refractivity contribution in [3.8, 4) is 0 Å². The number of rotatable bonds is 4. The predicted molar refractivity (Wildman–Crippen MR) is 73.9 cm³/mol. The number of carbonyl (C=O) groups is 1. The first-order valence-electron chi connectivity index (χ1n) is 6.14. The van der Waals surface area contributed by atoms with Gasteiger partial charge in [-0.05, 0) is 25.1 Å². The third kappa shape index (κ3) is 3.28. The maximum absolute atomic E-state index is 13.2. The van der Waals surface area contributed by atoms with Crippen LogP contribution in [0, 0.1) is 12.7 Å². The molecule has 0 aromatic carbocycles. The van der Waals surface area contributed by atoms with E-state index in [4.69, 9.17) is 0 Å². The Morgan fingerprint density at radius 3 is 2.90 bits per heavy atom. The van der Waals surface area contributed by atoms with E-state index in [0.29, 0.717) is 5.82 Å². The number of pyridine rings is 2. The fourth-order valence-electron chi connectivity index (χ4n) is 1.78. The van der Waals surface area contributed by atoms with Crippen molar-refractivity contribution >= 4 is 11.7 Å². The summed E-state index contributed by atoms with van der Waals surface area (Å²) in [5.41, 5.74) is 1.79. The number of nitrogens with one attached hydrogen (secondary N) is 2. The lowest BCUT2D eigenvalue weighted by atomic mass is 10.2. The van der Waals surface area contributed by atoms with Crippen LogP contribution in [0.1, 0.15) is 21.7 Å². The first-order chi connectivity index (χ1) is 9.60. The molecule has 0 bridgehead atoms. The molecule has 0 saturated heterocycles. The van der Waals surface area contributed by atoms with Gasteiger partial charge in [0.1, 0.15) is 11.6 Å². The molecule has 0 aliphatic heterocycles. The number of aryl methyl sites for hydroxylation is 1. The maximum Gasteiger partial charge on any atom is 0.255 e. The summed E-state index contributed by atoms with van der Waals surface area (Å²) in [6, 6.07) is 6.71. The largest absolute Gasteiger partial charge is 0.372 e. The average molecular weight is 274 g/mol. The molecule has 104 valence electrons. The molecule has 0 radical (unpaired) electrons. The summed E-state index contributed by atoms with van der Waals surface area (Å²) in [6.45, 7) is 2.15. The van der Waals surface area contributed by atoms with Crippen molar-refractivity contribution < 1.29 is 9.18 Å². The minimum atomic E-state index is -0.553. The number of nitrogens with zero attached hydrogens (tertiary/aromatic N) is 2. The van der Waals surface area contributed by atoms with Gasteiger partial charge >= 0.3 is 0 Å². The highest BCUT2D eigenvalue weighted by Gasteiger charge is 2.13. The standard InChI is InChI=1S/C14H15FN4O/c1-9-4-3-5-11(19-9)8-18-14(20)12-6-10(15)7-17-13(12)16-2/h3-7H,8H2,1-2H3,(H,16,17)(H,18,20). The summed E-state index contributed by atoms with van der Waals surface area (Å²) in [4.78, 5) is 20.2. The van der Waals surface area contributed by atoms with E-state index in [9.17, 15) is 9.18 Å². The van der Waals surface area contributed by atoms with Crippen molar-refractivity contribution in [2.45, 2.75) is 13.5 Å². The minimum absolute atomic E-state index is 0.167. The van der Waals surface area contributed by atoms with Gasteiger partial charge in [-0.15, -0.1) is 0 Å². The molecule has 1 amide bonds. The predicted octanol–water partition coefficient (Wildman–Crippen LogP) is 1.90. The molecule has 2 N–H and O–H groups in total. The zero-order chi connectivity index (χ0) is 14.5. The van der Waals surface area contributed by atoms with E-state index in [0.717, 1.165) is 23.7 Å². The molecule has 0 fully saturated rings. The van der Waals surface area contributed by atoms with Crippen molar-refractivity contribution in [1.29, 1.82) is 0 Å². The van der Waals surface area contributed by atoms with Crippen molar-refractivity contribution in [2.75, 3.05) is 12.4 Å². The number of carbonyl (C=O) groups excluding carboxylic acids is 1. The van der Waals surface area contributed by atoms with E-state index >= 15 is 0 Å². The lowest BCUT2D eigenvalue weighted by Crippen LogP contribution is -2.24. The molecule has 0 unspecified atom stereocenters. The summed E-state index contributed by atoms with van der Waals surface area (Å²) in [6.07, 6.45) is 1.06. The smallest absolute Gasteiger partial charge is 0.255 e. The number of hydrogen-bond acceptors (Lipinski definition) is 4. The molecular formula is C14H15FN4O. The van der Waals surface area contributed by atoms with E-state index in [1.54, 1.807) is 7.05 Å². The molecule has 0 aliphatic rings. The highest BCUT2D eigenvalue weighted by Crippen LogP contribution is 2.13. The molecule has 2 rings (SSSR count). The van der Waals surface area contributed by atoms with Crippen LogP contribution in [0.2, 0.25) is 0 Å². The van der Waals surface area contributed by atoms with Crippen molar-refractivity contribution in [2.24, 2.45) is 0 Å². The summed E-state index contributed by atoms with van der Waals surface area (Å²) < 4.78 is 13.2. The Kier molecular flexibility index (Phi) is 4.24. The molecule has 0 spiro atoms. The van der Waals surface area contributed by atoms with Crippen molar-refractivity contribution in [3.05, 3.63) is 53.2 Å². The summed E-state index contributed by atoms with van der Waals surface area (Å²) in [5, 5.41) is 5.45. The summed E-state index contributed by atoms with van der Waals surface area (Å²) in [7, 11) is 1.62. The van der Waals surface area contributed by atoms with Gasteiger partial charge in [0.25, 0.3) is 5.91 Å². The van der Waals surface area contributed by atoms with Gasteiger partial charge in [0.05, 0.1) is 24.0 Å². The Bertz CT molecular complexity index is 630. The highest BCUT2D eigenvalue weighted by atomic mass is 19.1. The average Bonchev–Trinajstić information content (AvgIpc) is 2.45. The lowest BCUT2D eigenvalue weighted by molar-refractivity contribution is 0.0950.